The number of nitrogens with one attached hydrogen (secondary N) is 1. The highest BCUT2D eigenvalue weighted by atomic mass is 16.3. The van der Waals surface area contributed by atoms with Gasteiger partial charge in [-0.15, -0.1) is 0 Å². The van der Waals surface area contributed by atoms with Crippen molar-refractivity contribution in [3.63, 3.8) is 0 Å². The van der Waals surface area contributed by atoms with Crippen molar-refractivity contribution in [1.29, 1.82) is 0 Å². The third-order valence-electron chi connectivity index (χ3n) is 3.39. The van der Waals surface area contributed by atoms with Crippen LogP contribution in [0, 0.1) is 0 Å². The first-order valence-corrected chi connectivity index (χ1v) is 7.39. The van der Waals surface area contributed by atoms with Gasteiger partial charge in [-0.1, -0.05) is 54.6 Å². The molecule has 1 atom stereocenters. The highest BCUT2D eigenvalue weighted by molar-refractivity contribution is 5.76. The number of carbonyl (C=O) groups excluding carboxylic acids is 1. The molecule has 4 heteroatoms. The van der Waals surface area contributed by atoms with Crippen LogP contribution in [0.2, 0.25) is 0 Å². The second kappa shape index (κ2) is 8.32. The largest absolute Gasteiger partial charge is 0.395 e. The summed E-state index contributed by atoms with van der Waals surface area (Å²) in [4.78, 5) is 11.5. The fourth-order valence-electron chi connectivity index (χ4n) is 2.29. The average Bonchev–Trinajstić information content (AvgIpc) is 2.54. The van der Waals surface area contributed by atoms with E-state index in [9.17, 15) is 9.90 Å². The third kappa shape index (κ3) is 4.98. The maximum Gasteiger partial charge on any atom is 0.222 e. The molecule has 2 aromatic rings. The van der Waals surface area contributed by atoms with E-state index in [0.29, 0.717) is 6.42 Å². The Labute approximate surface area is 130 Å². The number of aliphatic hydroxyl groups excluding tert-OH is 2. The maximum absolute atomic E-state index is 11.5. The van der Waals surface area contributed by atoms with E-state index in [4.69, 9.17) is 5.11 Å². The molecule has 22 heavy (non-hydrogen) atoms. The van der Waals surface area contributed by atoms with Crippen molar-refractivity contribution in [3.05, 3.63) is 60.2 Å². The van der Waals surface area contributed by atoms with E-state index in [-0.39, 0.29) is 25.5 Å². The normalized spacial score (nSPS) is 11.9. The van der Waals surface area contributed by atoms with Crippen LogP contribution < -0.4 is 5.32 Å². The van der Waals surface area contributed by atoms with Gasteiger partial charge in [0.2, 0.25) is 5.91 Å². The highest BCUT2D eigenvalue weighted by Crippen LogP contribution is 2.19. The number of rotatable bonds is 7. The van der Waals surface area contributed by atoms with Gasteiger partial charge in [0.05, 0.1) is 19.1 Å². The Morgan fingerprint density at radius 1 is 1.00 bits per heavy atom. The molecular formula is C18H21NO3. The summed E-state index contributed by atoms with van der Waals surface area (Å²) in [5.74, 6) is -0.248. The number of amides is 1. The molecule has 0 heterocycles. The molecule has 0 aromatic heterocycles. The minimum atomic E-state index is -0.721. The highest BCUT2D eigenvalue weighted by Gasteiger charge is 2.11. The van der Waals surface area contributed by atoms with E-state index in [1.807, 2.05) is 42.5 Å². The second-order valence-corrected chi connectivity index (χ2v) is 5.20. The van der Waals surface area contributed by atoms with Gasteiger partial charge in [0, 0.05) is 6.54 Å². The second-order valence-electron chi connectivity index (χ2n) is 5.20. The van der Waals surface area contributed by atoms with Gasteiger partial charge in [-0.05, 0) is 23.1 Å². The van der Waals surface area contributed by atoms with E-state index in [2.05, 4.69) is 17.4 Å². The SMILES string of the molecule is O=C(C[C@H](O)Cc1ccc(-c2ccccc2)cc1)NCCO. The van der Waals surface area contributed by atoms with Crippen LogP contribution in [0.1, 0.15) is 12.0 Å². The lowest BCUT2D eigenvalue weighted by Gasteiger charge is -2.11. The van der Waals surface area contributed by atoms with Crippen LogP contribution in [0.5, 0.6) is 0 Å². The molecule has 0 aliphatic carbocycles. The number of hydrogen-bond donors (Lipinski definition) is 3. The molecule has 0 radical (unpaired) electrons. The monoisotopic (exact) mass is 299 g/mol. The number of benzene rings is 2. The Morgan fingerprint density at radius 2 is 1.64 bits per heavy atom. The zero-order valence-electron chi connectivity index (χ0n) is 12.4. The predicted octanol–water partition coefficient (Wildman–Crippen LogP) is 1.76. The van der Waals surface area contributed by atoms with Crippen molar-refractivity contribution in [1.82, 2.24) is 5.32 Å². The summed E-state index contributed by atoms with van der Waals surface area (Å²) in [7, 11) is 0. The zero-order chi connectivity index (χ0) is 15.8. The molecule has 0 unspecified atom stereocenters. The van der Waals surface area contributed by atoms with Crippen LogP contribution in [0.15, 0.2) is 54.6 Å². The molecular weight excluding hydrogens is 278 g/mol. The molecule has 0 spiro atoms. The van der Waals surface area contributed by atoms with Crippen LogP contribution in [0.3, 0.4) is 0 Å². The van der Waals surface area contributed by atoms with Crippen LogP contribution in [0.4, 0.5) is 0 Å². The summed E-state index contributed by atoms with van der Waals surface area (Å²) in [6.07, 6.45) is -0.247. The summed E-state index contributed by atoms with van der Waals surface area (Å²) >= 11 is 0. The molecule has 0 bridgehead atoms. The lowest BCUT2D eigenvalue weighted by molar-refractivity contribution is -0.123. The molecule has 0 saturated heterocycles. The minimum Gasteiger partial charge on any atom is -0.395 e. The molecule has 0 fully saturated rings. The molecule has 4 nitrogen and oxygen atoms in total. The molecule has 2 aromatic carbocycles. The Kier molecular flexibility index (Phi) is 6.13. The van der Waals surface area contributed by atoms with E-state index < -0.39 is 6.10 Å². The summed E-state index contributed by atoms with van der Waals surface area (Å²) in [5, 5.41) is 21.1. The maximum atomic E-state index is 11.5. The van der Waals surface area contributed by atoms with Crippen LogP contribution >= 0.6 is 0 Å². The molecule has 0 aliphatic rings. The lowest BCUT2D eigenvalue weighted by Crippen LogP contribution is -2.30. The predicted molar refractivity (Wildman–Crippen MR) is 86.3 cm³/mol. The Balaban J connectivity index is 1.90. The number of hydrogen-bond acceptors (Lipinski definition) is 3. The number of aliphatic hydroxyl groups is 2. The molecule has 0 aliphatic heterocycles. The van der Waals surface area contributed by atoms with Gasteiger partial charge >= 0.3 is 0 Å². The molecule has 1 amide bonds. The number of carbonyl (C=O) groups is 1. The van der Waals surface area contributed by atoms with Crippen molar-refractivity contribution in [2.75, 3.05) is 13.2 Å². The Morgan fingerprint density at radius 3 is 2.27 bits per heavy atom. The molecule has 116 valence electrons. The summed E-state index contributed by atoms with van der Waals surface area (Å²) in [6.45, 7) is 0.125. The quantitative estimate of drug-likeness (QED) is 0.729. The fourth-order valence-corrected chi connectivity index (χ4v) is 2.29. The van der Waals surface area contributed by atoms with Crippen LogP contribution in [-0.2, 0) is 11.2 Å². The summed E-state index contributed by atoms with van der Waals surface area (Å²) in [6, 6.07) is 18.1. The average molecular weight is 299 g/mol. The van der Waals surface area contributed by atoms with Crippen molar-refractivity contribution in [2.45, 2.75) is 18.9 Å². The van der Waals surface area contributed by atoms with E-state index in [0.717, 1.165) is 16.7 Å². The first-order valence-electron chi connectivity index (χ1n) is 7.39. The minimum absolute atomic E-state index is 0.0421. The van der Waals surface area contributed by atoms with Gasteiger partial charge in [-0.3, -0.25) is 4.79 Å². The summed E-state index contributed by atoms with van der Waals surface area (Å²) < 4.78 is 0. The topological polar surface area (TPSA) is 69.6 Å². The Bertz CT molecular complexity index is 581. The van der Waals surface area contributed by atoms with Gasteiger partial charge in [-0.2, -0.15) is 0 Å². The molecule has 0 saturated carbocycles. The summed E-state index contributed by atoms with van der Waals surface area (Å²) in [5.41, 5.74) is 3.26. The first kappa shape index (κ1) is 16.2. The van der Waals surface area contributed by atoms with Gasteiger partial charge in [0.25, 0.3) is 0 Å². The van der Waals surface area contributed by atoms with Gasteiger partial charge in [0.15, 0.2) is 0 Å². The third-order valence-corrected chi connectivity index (χ3v) is 3.39. The first-order chi connectivity index (χ1) is 10.7. The lowest BCUT2D eigenvalue weighted by atomic mass is 10.0. The van der Waals surface area contributed by atoms with Crippen molar-refractivity contribution >= 4 is 5.91 Å². The van der Waals surface area contributed by atoms with Gasteiger partial charge in [0.1, 0.15) is 0 Å². The van der Waals surface area contributed by atoms with Crippen molar-refractivity contribution in [2.24, 2.45) is 0 Å². The smallest absolute Gasteiger partial charge is 0.222 e. The fraction of sp³-hybridized carbons (Fsp3) is 0.278. The van der Waals surface area contributed by atoms with Gasteiger partial charge < -0.3 is 15.5 Å². The van der Waals surface area contributed by atoms with E-state index in [1.165, 1.54) is 0 Å². The molecule has 3 N–H and O–H groups in total. The van der Waals surface area contributed by atoms with Crippen LogP contribution in [-0.4, -0.2) is 35.4 Å². The standard InChI is InChI=1S/C18H21NO3/c20-11-10-19-18(22)13-17(21)12-14-6-8-16(9-7-14)15-4-2-1-3-5-15/h1-9,17,20-21H,10-13H2,(H,19,22)/t17-/m1/s1. The zero-order valence-corrected chi connectivity index (χ0v) is 12.4. The van der Waals surface area contributed by atoms with Crippen LogP contribution in [0.25, 0.3) is 11.1 Å². The van der Waals surface area contributed by atoms with E-state index in [1.54, 1.807) is 0 Å². The molecule has 2 rings (SSSR count). The van der Waals surface area contributed by atoms with Crippen molar-refractivity contribution < 1.29 is 15.0 Å². The van der Waals surface area contributed by atoms with E-state index >= 15 is 0 Å². The van der Waals surface area contributed by atoms with Crippen molar-refractivity contribution in [3.8, 4) is 11.1 Å². The Hall–Kier alpha value is -2.17. The van der Waals surface area contributed by atoms with Gasteiger partial charge in [-0.25, -0.2) is 0 Å².